The lowest BCUT2D eigenvalue weighted by molar-refractivity contribution is 0.230. The van der Waals surface area contributed by atoms with Crippen molar-refractivity contribution in [3.63, 3.8) is 0 Å². The first-order valence-corrected chi connectivity index (χ1v) is 7.87. The summed E-state index contributed by atoms with van der Waals surface area (Å²) in [4.78, 5) is 6.64. The van der Waals surface area contributed by atoms with Crippen molar-refractivity contribution in [3.05, 3.63) is 40.5 Å². The van der Waals surface area contributed by atoms with Crippen LogP contribution in [0.4, 0.5) is 0 Å². The number of aryl methyl sites for hydroxylation is 1. The largest absolute Gasteiger partial charge is 0.478 e. The molecule has 1 saturated heterocycles. The highest BCUT2D eigenvalue weighted by Gasteiger charge is 2.30. The van der Waals surface area contributed by atoms with Crippen LogP contribution in [0.25, 0.3) is 0 Å². The molecule has 1 aliphatic rings. The van der Waals surface area contributed by atoms with Crippen molar-refractivity contribution < 1.29 is 9.26 Å². The molecule has 0 spiro atoms. The highest BCUT2D eigenvalue weighted by molar-refractivity contribution is 6.30. The van der Waals surface area contributed by atoms with E-state index in [4.69, 9.17) is 26.1 Å². The first-order chi connectivity index (χ1) is 11.2. The van der Waals surface area contributed by atoms with E-state index in [1.54, 1.807) is 19.1 Å². The van der Waals surface area contributed by atoms with Crippen molar-refractivity contribution in [2.75, 3.05) is 13.2 Å². The van der Waals surface area contributed by atoms with Gasteiger partial charge in [-0.15, -0.1) is 0 Å². The topological polar surface area (TPSA) is 75.2 Å². The minimum absolute atomic E-state index is 0.0160. The fraction of sp³-hybridized carbons (Fsp3) is 0.438. The van der Waals surface area contributed by atoms with Gasteiger partial charge in [-0.3, -0.25) is 4.90 Å². The maximum atomic E-state index is 8.71. The molecule has 23 heavy (non-hydrogen) atoms. The molecule has 0 radical (unpaired) electrons. The van der Waals surface area contributed by atoms with Crippen molar-refractivity contribution >= 4 is 11.6 Å². The van der Waals surface area contributed by atoms with Gasteiger partial charge < -0.3 is 9.26 Å². The summed E-state index contributed by atoms with van der Waals surface area (Å²) in [6.45, 7) is 3.42. The lowest BCUT2D eigenvalue weighted by Gasteiger charge is -2.23. The van der Waals surface area contributed by atoms with Crippen molar-refractivity contribution in [2.45, 2.75) is 32.4 Å². The van der Waals surface area contributed by atoms with E-state index in [9.17, 15) is 0 Å². The van der Waals surface area contributed by atoms with Crippen LogP contribution in [-0.4, -0.2) is 28.2 Å². The van der Waals surface area contributed by atoms with Gasteiger partial charge in [0.25, 0.3) is 0 Å². The second-order valence-corrected chi connectivity index (χ2v) is 5.94. The Morgan fingerprint density at radius 3 is 3.13 bits per heavy atom. The Kier molecular flexibility index (Phi) is 4.79. The molecule has 0 saturated carbocycles. The van der Waals surface area contributed by atoms with Gasteiger partial charge in [0.15, 0.2) is 12.4 Å². The van der Waals surface area contributed by atoms with Crippen molar-refractivity contribution in [1.29, 1.82) is 5.26 Å². The number of halogens is 1. The fourth-order valence-electron chi connectivity index (χ4n) is 2.90. The van der Waals surface area contributed by atoms with Crippen LogP contribution in [0.5, 0.6) is 5.75 Å². The Balaban J connectivity index is 1.80. The first kappa shape index (κ1) is 15.8. The molecule has 0 N–H and O–H groups in total. The van der Waals surface area contributed by atoms with Crippen LogP contribution in [0.15, 0.2) is 22.7 Å². The average molecular weight is 333 g/mol. The Hall–Kier alpha value is -2.10. The summed E-state index contributed by atoms with van der Waals surface area (Å²) >= 11 is 6.11. The van der Waals surface area contributed by atoms with Crippen LogP contribution in [0.3, 0.4) is 0 Å². The Bertz CT molecular complexity index is 725. The molecule has 3 rings (SSSR count). The molecule has 1 atom stereocenters. The van der Waals surface area contributed by atoms with Crippen LogP contribution in [-0.2, 0) is 6.54 Å². The van der Waals surface area contributed by atoms with E-state index in [1.165, 1.54) is 0 Å². The molecule has 1 aromatic carbocycles. The standard InChI is InChI=1S/C16H17ClN4O2/c1-11-19-16(20-23-11)14-3-2-7-21(14)10-12-9-13(17)4-5-15(12)22-8-6-18/h4-5,9,14H,2-3,7-8,10H2,1H3. The number of nitrogens with zero attached hydrogens (tertiary/aromatic N) is 4. The molecule has 7 heteroatoms. The molecule has 1 aliphatic heterocycles. The van der Waals surface area contributed by atoms with Gasteiger partial charge in [0.1, 0.15) is 11.8 Å². The van der Waals surface area contributed by atoms with Gasteiger partial charge >= 0.3 is 0 Å². The van der Waals surface area contributed by atoms with E-state index < -0.39 is 0 Å². The van der Waals surface area contributed by atoms with Gasteiger partial charge in [0, 0.05) is 24.1 Å². The second kappa shape index (κ2) is 6.99. The van der Waals surface area contributed by atoms with Crippen molar-refractivity contribution in [1.82, 2.24) is 15.0 Å². The SMILES string of the molecule is Cc1nc(C2CCCN2Cc2cc(Cl)ccc2OCC#N)no1. The monoisotopic (exact) mass is 332 g/mol. The van der Waals surface area contributed by atoms with Crippen molar-refractivity contribution in [2.24, 2.45) is 0 Å². The van der Waals surface area contributed by atoms with E-state index in [2.05, 4.69) is 15.0 Å². The number of hydrogen-bond acceptors (Lipinski definition) is 6. The summed E-state index contributed by atoms with van der Waals surface area (Å²) in [5.41, 5.74) is 0.958. The summed E-state index contributed by atoms with van der Waals surface area (Å²) in [6, 6.07) is 7.57. The minimum Gasteiger partial charge on any atom is -0.478 e. The molecular weight excluding hydrogens is 316 g/mol. The molecule has 2 heterocycles. The Labute approximate surface area is 139 Å². The average Bonchev–Trinajstić information content (AvgIpc) is 3.15. The number of hydrogen-bond donors (Lipinski definition) is 0. The normalized spacial score (nSPS) is 18.0. The molecule has 0 bridgehead atoms. The minimum atomic E-state index is 0.0160. The van der Waals surface area contributed by atoms with Crippen LogP contribution < -0.4 is 4.74 Å². The quantitative estimate of drug-likeness (QED) is 0.836. The zero-order valence-electron chi connectivity index (χ0n) is 12.8. The van der Waals surface area contributed by atoms with Crippen molar-refractivity contribution in [3.8, 4) is 11.8 Å². The first-order valence-electron chi connectivity index (χ1n) is 7.50. The number of ether oxygens (including phenoxy) is 1. The molecule has 0 aliphatic carbocycles. The zero-order chi connectivity index (χ0) is 16.2. The summed E-state index contributed by atoms with van der Waals surface area (Å²) in [5, 5.41) is 13.4. The third-order valence-corrected chi connectivity index (χ3v) is 4.13. The zero-order valence-corrected chi connectivity index (χ0v) is 13.6. The molecular formula is C16H17ClN4O2. The lowest BCUT2D eigenvalue weighted by atomic mass is 10.1. The van der Waals surface area contributed by atoms with Gasteiger partial charge in [-0.25, -0.2) is 0 Å². The highest BCUT2D eigenvalue weighted by Crippen LogP contribution is 2.34. The van der Waals surface area contributed by atoms with Crippen LogP contribution in [0.2, 0.25) is 5.02 Å². The second-order valence-electron chi connectivity index (χ2n) is 5.50. The van der Waals surface area contributed by atoms with Crippen LogP contribution in [0, 0.1) is 18.3 Å². The van der Waals surface area contributed by atoms with Gasteiger partial charge in [-0.05, 0) is 37.6 Å². The Morgan fingerprint density at radius 1 is 1.52 bits per heavy atom. The van der Waals surface area contributed by atoms with Gasteiger partial charge in [0.05, 0.1) is 6.04 Å². The van der Waals surface area contributed by atoms with Crippen LogP contribution in [0.1, 0.15) is 36.2 Å². The maximum absolute atomic E-state index is 8.71. The number of benzene rings is 1. The summed E-state index contributed by atoms with van der Waals surface area (Å²) in [5.74, 6) is 1.99. The Morgan fingerprint density at radius 2 is 2.39 bits per heavy atom. The molecule has 1 aromatic heterocycles. The summed E-state index contributed by atoms with van der Waals surface area (Å²) in [7, 11) is 0. The number of likely N-dealkylation sites (tertiary alicyclic amines) is 1. The number of nitriles is 1. The van der Waals surface area contributed by atoms with E-state index in [1.807, 2.05) is 12.1 Å². The van der Waals surface area contributed by atoms with E-state index in [-0.39, 0.29) is 12.6 Å². The molecule has 6 nitrogen and oxygen atoms in total. The third-order valence-electron chi connectivity index (χ3n) is 3.89. The van der Waals surface area contributed by atoms with E-state index in [0.717, 1.165) is 30.8 Å². The number of rotatable bonds is 5. The molecule has 1 fully saturated rings. The smallest absolute Gasteiger partial charge is 0.223 e. The van der Waals surface area contributed by atoms with E-state index >= 15 is 0 Å². The highest BCUT2D eigenvalue weighted by atomic mass is 35.5. The van der Waals surface area contributed by atoms with E-state index in [0.29, 0.717) is 23.2 Å². The van der Waals surface area contributed by atoms with Gasteiger partial charge in [0.2, 0.25) is 5.89 Å². The van der Waals surface area contributed by atoms with Gasteiger partial charge in [-0.2, -0.15) is 10.2 Å². The maximum Gasteiger partial charge on any atom is 0.223 e. The molecule has 1 unspecified atom stereocenters. The fourth-order valence-corrected chi connectivity index (χ4v) is 3.09. The third kappa shape index (κ3) is 3.63. The predicted octanol–water partition coefficient (Wildman–Crippen LogP) is 3.27. The predicted molar refractivity (Wildman–Crippen MR) is 84.0 cm³/mol. The molecule has 0 amide bonds. The summed E-state index contributed by atoms with van der Waals surface area (Å²) < 4.78 is 10.6. The molecule has 120 valence electrons. The van der Waals surface area contributed by atoms with Gasteiger partial charge in [-0.1, -0.05) is 16.8 Å². The number of aromatic nitrogens is 2. The molecule has 2 aromatic rings. The lowest BCUT2D eigenvalue weighted by Crippen LogP contribution is -2.24. The van der Waals surface area contributed by atoms with Crippen LogP contribution >= 0.6 is 11.6 Å². The summed E-state index contributed by atoms with van der Waals surface area (Å²) in [6.07, 6.45) is 2.07.